The van der Waals surface area contributed by atoms with E-state index in [2.05, 4.69) is 15.3 Å². The van der Waals surface area contributed by atoms with E-state index in [-0.39, 0.29) is 25.2 Å². The Hall–Kier alpha value is -3.00. The van der Waals surface area contributed by atoms with Crippen LogP contribution in [0.25, 0.3) is 11.3 Å². The normalized spacial score (nSPS) is 12.8. The molecule has 3 rings (SSSR count). The fourth-order valence-corrected chi connectivity index (χ4v) is 3.54. The Balaban J connectivity index is 1.81. The number of aliphatic hydroxyl groups excluding tert-OH is 2. The van der Waals surface area contributed by atoms with Gasteiger partial charge in [-0.1, -0.05) is 61.0 Å². The maximum absolute atomic E-state index is 13.0. The minimum Gasteiger partial charge on any atom is -0.394 e. The number of aliphatic hydroxyl groups is 2. The van der Waals surface area contributed by atoms with Gasteiger partial charge in [0.05, 0.1) is 42.2 Å². The maximum Gasteiger partial charge on any atom is 0.254 e. The fraction of sp³-hybridized carbons (Fsp3) is 0.292. The molecule has 1 aromatic heterocycles. The molecule has 0 saturated carbocycles. The van der Waals surface area contributed by atoms with Gasteiger partial charge in [-0.2, -0.15) is 0 Å². The topological polar surface area (TPSA) is 98.6 Å². The van der Waals surface area contributed by atoms with E-state index >= 15 is 0 Å². The Labute approximate surface area is 192 Å². The molecule has 168 valence electrons. The number of aromatic nitrogens is 2. The van der Waals surface area contributed by atoms with E-state index < -0.39 is 6.04 Å². The molecule has 32 heavy (non-hydrogen) atoms. The van der Waals surface area contributed by atoms with Crippen molar-refractivity contribution in [1.82, 2.24) is 14.9 Å². The van der Waals surface area contributed by atoms with E-state index in [1.807, 2.05) is 37.3 Å². The van der Waals surface area contributed by atoms with Crippen LogP contribution in [0.15, 0.2) is 60.8 Å². The largest absolute Gasteiger partial charge is 0.394 e. The Morgan fingerprint density at radius 3 is 2.38 bits per heavy atom. The number of hydrogen-bond donors (Lipinski definition) is 3. The second-order valence-electron chi connectivity index (χ2n) is 7.42. The third-order valence-electron chi connectivity index (χ3n) is 5.34. The molecule has 0 aliphatic carbocycles. The third kappa shape index (κ3) is 5.43. The molecule has 8 heteroatoms. The number of nitrogens with one attached hydrogen (secondary N) is 1. The second kappa shape index (κ2) is 11.0. The van der Waals surface area contributed by atoms with Gasteiger partial charge < -0.3 is 20.4 Å². The van der Waals surface area contributed by atoms with Crippen LogP contribution in [-0.2, 0) is 0 Å². The van der Waals surface area contributed by atoms with Crippen molar-refractivity contribution < 1.29 is 15.0 Å². The van der Waals surface area contributed by atoms with Crippen molar-refractivity contribution in [3.8, 4) is 11.3 Å². The zero-order valence-electron chi connectivity index (χ0n) is 18.1. The average Bonchev–Trinajstić information content (AvgIpc) is 2.84. The predicted octanol–water partition coefficient (Wildman–Crippen LogP) is 3.79. The third-order valence-corrected chi connectivity index (χ3v) is 5.62. The van der Waals surface area contributed by atoms with Crippen molar-refractivity contribution in [3.05, 3.63) is 76.9 Å². The molecule has 0 aliphatic heterocycles. The highest BCUT2D eigenvalue weighted by Gasteiger charge is 2.22. The van der Waals surface area contributed by atoms with Gasteiger partial charge >= 0.3 is 0 Å². The second-order valence-corrected chi connectivity index (χ2v) is 7.83. The number of amides is 1. The molecule has 0 spiro atoms. The predicted molar refractivity (Wildman–Crippen MR) is 126 cm³/mol. The van der Waals surface area contributed by atoms with Gasteiger partial charge in [0.1, 0.15) is 0 Å². The van der Waals surface area contributed by atoms with Crippen molar-refractivity contribution in [3.63, 3.8) is 0 Å². The molecule has 1 unspecified atom stereocenters. The van der Waals surface area contributed by atoms with Gasteiger partial charge in [0.15, 0.2) is 0 Å². The van der Waals surface area contributed by atoms with Crippen LogP contribution in [-0.4, -0.2) is 57.3 Å². The molecule has 0 bridgehead atoms. The highest BCUT2D eigenvalue weighted by Crippen LogP contribution is 2.27. The van der Waals surface area contributed by atoms with Crippen LogP contribution in [0.4, 0.5) is 5.95 Å². The summed E-state index contributed by atoms with van der Waals surface area (Å²) in [6.45, 7) is 1.75. The van der Waals surface area contributed by atoms with Crippen molar-refractivity contribution >= 4 is 23.5 Å². The van der Waals surface area contributed by atoms with E-state index in [0.29, 0.717) is 22.2 Å². The van der Waals surface area contributed by atoms with Gasteiger partial charge in [-0.15, -0.1) is 0 Å². The zero-order valence-corrected chi connectivity index (χ0v) is 18.8. The van der Waals surface area contributed by atoms with E-state index in [1.54, 1.807) is 31.3 Å². The number of hydrogen-bond acceptors (Lipinski definition) is 6. The quantitative estimate of drug-likeness (QED) is 0.455. The summed E-state index contributed by atoms with van der Waals surface area (Å²) >= 11 is 6.31. The molecule has 7 nitrogen and oxygen atoms in total. The van der Waals surface area contributed by atoms with Crippen molar-refractivity contribution in [1.29, 1.82) is 0 Å². The number of benzene rings is 2. The van der Waals surface area contributed by atoms with Crippen LogP contribution < -0.4 is 5.32 Å². The average molecular weight is 455 g/mol. The Morgan fingerprint density at radius 2 is 1.78 bits per heavy atom. The molecule has 0 saturated heterocycles. The minimum absolute atomic E-state index is 0.0278. The number of anilines is 1. The van der Waals surface area contributed by atoms with Crippen LogP contribution in [0, 0.1) is 0 Å². The van der Waals surface area contributed by atoms with E-state index in [4.69, 9.17) is 11.6 Å². The number of likely N-dealkylation sites (N-methyl/N-ethyl adjacent to an activating group) is 1. The number of carbonyl (C=O) groups excluding carboxylic acids is 1. The van der Waals surface area contributed by atoms with Crippen LogP contribution in [0.1, 0.15) is 35.3 Å². The lowest BCUT2D eigenvalue weighted by Crippen LogP contribution is -2.33. The maximum atomic E-state index is 13.0. The summed E-state index contributed by atoms with van der Waals surface area (Å²) in [7, 11) is 1.68. The number of rotatable bonds is 9. The molecule has 1 amide bonds. The van der Waals surface area contributed by atoms with Gasteiger partial charge in [-0.05, 0) is 24.1 Å². The molecular formula is C24H27ClN4O3. The standard InChI is InChI=1S/C24H27ClN4O3/c1-3-19(14-30)27-24-26-13-20(25)22(28-24)17-9-11-18(12-10-17)23(32)29(2)21(15-31)16-7-5-4-6-8-16/h4-13,19,21,30-31H,3,14-15H2,1-2H3,(H,26,27,28)/t19?,21-/m1/s1. The molecular weight excluding hydrogens is 428 g/mol. The molecule has 0 radical (unpaired) electrons. The summed E-state index contributed by atoms with van der Waals surface area (Å²) in [4.78, 5) is 23.2. The molecule has 1 heterocycles. The Bertz CT molecular complexity index is 1030. The zero-order chi connectivity index (χ0) is 23.1. The highest BCUT2D eigenvalue weighted by molar-refractivity contribution is 6.32. The summed E-state index contributed by atoms with van der Waals surface area (Å²) < 4.78 is 0. The number of nitrogens with zero attached hydrogens (tertiary/aromatic N) is 3. The summed E-state index contributed by atoms with van der Waals surface area (Å²) in [6.07, 6.45) is 2.23. The Morgan fingerprint density at radius 1 is 1.09 bits per heavy atom. The van der Waals surface area contributed by atoms with Gasteiger partial charge in [-0.25, -0.2) is 9.97 Å². The summed E-state index contributed by atoms with van der Waals surface area (Å²) in [5.74, 6) is 0.170. The van der Waals surface area contributed by atoms with Crippen molar-refractivity contribution in [2.24, 2.45) is 0 Å². The SMILES string of the molecule is CCC(CO)Nc1ncc(Cl)c(-c2ccc(C(=O)N(C)[C@H](CO)c3ccccc3)cc2)n1. The van der Waals surface area contributed by atoms with E-state index in [0.717, 1.165) is 17.5 Å². The van der Waals surface area contributed by atoms with E-state index in [9.17, 15) is 15.0 Å². The van der Waals surface area contributed by atoms with Gasteiger partial charge in [0.25, 0.3) is 5.91 Å². The summed E-state index contributed by atoms with van der Waals surface area (Å²) in [5.41, 5.74) is 2.62. The van der Waals surface area contributed by atoms with Gasteiger partial charge in [0.2, 0.25) is 5.95 Å². The smallest absolute Gasteiger partial charge is 0.254 e. The van der Waals surface area contributed by atoms with Crippen molar-refractivity contribution in [2.75, 3.05) is 25.6 Å². The van der Waals surface area contributed by atoms with E-state index in [1.165, 1.54) is 11.1 Å². The Kier molecular flexibility index (Phi) is 8.16. The highest BCUT2D eigenvalue weighted by atomic mass is 35.5. The summed E-state index contributed by atoms with van der Waals surface area (Å²) in [6, 6.07) is 15.8. The molecule has 3 aromatic rings. The number of halogens is 1. The van der Waals surface area contributed by atoms with Crippen LogP contribution in [0.2, 0.25) is 5.02 Å². The number of carbonyl (C=O) groups is 1. The molecule has 0 aliphatic rings. The molecule has 2 atom stereocenters. The minimum atomic E-state index is -0.439. The molecule has 3 N–H and O–H groups in total. The first-order valence-electron chi connectivity index (χ1n) is 10.4. The first-order valence-corrected chi connectivity index (χ1v) is 10.8. The lowest BCUT2D eigenvalue weighted by molar-refractivity contribution is 0.0658. The van der Waals surface area contributed by atoms with Crippen LogP contribution in [0.5, 0.6) is 0 Å². The fourth-order valence-electron chi connectivity index (χ4n) is 3.34. The monoisotopic (exact) mass is 454 g/mol. The van der Waals surface area contributed by atoms with Crippen LogP contribution >= 0.6 is 11.6 Å². The first-order chi connectivity index (χ1) is 15.5. The van der Waals surface area contributed by atoms with Gasteiger partial charge in [-0.3, -0.25) is 4.79 Å². The molecule has 2 aromatic carbocycles. The van der Waals surface area contributed by atoms with Crippen LogP contribution in [0.3, 0.4) is 0 Å². The summed E-state index contributed by atoms with van der Waals surface area (Å²) in [5, 5.41) is 22.7. The lowest BCUT2D eigenvalue weighted by atomic mass is 10.0. The van der Waals surface area contributed by atoms with Gasteiger partial charge in [0, 0.05) is 18.2 Å². The molecule has 0 fully saturated rings. The van der Waals surface area contributed by atoms with Crippen molar-refractivity contribution in [2.45, 2.75) is 25.4 Å². The first kappa shape index (κ1) is 23.7. The lowest BCUT2D eigenvalue weighted by Gasteiger charge is -2.27.